The second kappa shape index (κ2) is 6.09. The number of benzene rings is 1. The predicted molar refractivity (Wildman–Crippen MR) is 91.2 cm³/mol. The van der Waals surface area contributed by atoms with Gasteiger partial charge < -0.3 is 14.4 Å². The van der Waals surface area contributed by atoms with E-state index in [0.717, 1.165) is 12.0 Å². The van der Waals surface area contributed by atoms with Crippen LogP contribution < -0.4 is 5.56 Å². The van der Waals surface area contributed by atoms with Gasteiger partial charge in [0.1, 0.15) is 17.1 Å². The van der Waals surface area contributed by atoms with Crippen LogP contribution in [0.3, 0.4) is 0 Å². The molecule has 3 heterocycles. The standard InChI is InChI=1S/C18H19N3O4/c1-12-14-15(13-6-3-2-4-7-13)19-21(17(22)16(14)20-25-12)10-18(23)8-5-9-24-11-18/h2-4,6-7,23H,5,8-11H2,1H3. The fourth-order valence-corrected chi connectivity index (χ4v) is 3.28. The normalized spacial score (nSPS) is 20.9. The third-order valence-corrected chi connectivity index (χ3v) is 4.55. The monoisotopic (exact) mass is 341 g/mol. The highest BCUT2D eigenvalue weighted by Crippen LogP contribution is 2.28. The lowest BCUT2D eigenvalue weighted by atomic mass is 9.97. The van der Waals surface area contributed by atoms with Gasteiger partial charge in [0, 0.05) is 12.2 Å². The number of rotatable bonds is 3. The van der Waals surface area contributed by atoms with E-state index in [1.165, 1.54) is 4.68 Å². The average Bonchev–Trinajstić information content (AvgIpc) is 3.01. The van der Waals surface area contributed by atoms with Crippen LogP contribution in [0.2, 0.25) is 0 Å². The number of fused-ring (bicyclic) bond motifs is 1. The van der Waals surface area contributed by atoms with Crippen LogP contribution in [0.1, 0.15) is 18.6 Å². The molecule has 130 valence electrons. The molecule has 1 aromatic carbocycles. The minimum absolute atomic E-state index is 0.0630. The minimum atomic E-state index is -1.10. The second-order valence-corrected chi connectivity index (χ2v) is 6.52. The Balaban J connectivity index is 1.88. The Morgan fingerprint density at radius 2 is 2.12 bits per heavy atom. The molecule has 0 saturated carbocycles. The molecule has 0 amide bonds. The lowest BCUT2D eigenvalue weighted by molar-refractivity contribution is -0.0963. The van der Waals surface area contributed by atoms with Crippen LogP contribution in [0.4, 0.5) is 0 Å². The fourth-order valence-electron chi connectivity index (χ4n) is 3.28. The molecule has 7 nitrogen and oxygen atoms in total. The highest BCUT2D eigenvalue weighted by Gasteiger charge is 2.32. The first-order valence-corrected chi connectivity index (χ1v) is 8.30. The average molecular weight is 341 g/mol. The van der Waals surface area contributed by atoms with Crippen molar-refractivity contribution in [2.75, 3.05) is 13.2 Å². The summed E-state index contributed by atoms with van der Waals surface area (Å²) in [5.41, 5.74) is 0.237. The van der Waals surface area contributed by atoms with Gasteiger partial charge in [-0.15, -0.1) is 0 Å². The van der Waals surface area contributed by atoms with Gasteiger partial charge in [0.05, 0.1) is 18.5 Å². The lowest BCUT2D eigenvalue weighted by Crippen LogP contribution is -2.45. The Bertz CT molecular complexity index is 956. The summed E-state index contributed by atoms with van der Waals surface area (Å²) < 4.78 is 11.9. The highest BCUT2D eigenvalue weighted by molar-refractivity contribution is 5.92. The largest absolute Gasteiger partial charge is 0.386 e. The first-order valence-electron chi connectivity index (χ1n) is 8.30. The smallest absolute Gasteiger partial charge is 0.296 e. The van der Waals surface area contributed by atoms with E-state index in [2.05, 4.69) is 10.3 Å². The molecule has 1 unspecified atom stereocenters. The van der Waals surface area contributed by atoms with Crippen molar-refractivity contribution >= 4 is 10.9 Å². The van der Waals surface area contributed by atoms with Crippen molar-refractivity contribution in [3.63, 3.8) is 0 Å². The minimum Gasteiger partial charge on any atom is -0.386 e. The first-order chi connectivity index (χ1) is 12.1. The zero-order chi connectivity index (χ0) is 17.4. The summed E-state index contributed by atoms with van der Waals surface area (Å²) >= 11 is 0. The van der Waals surface area contributed by atoms with Crippen LogP contribution in [-0.4, -0.2) is 38.9 Å². The van der Waals surface area contributed by atoms with Crippen molar-refractivity contribution in [3.8, 4) is 11.3 Å². The second-order valence-electron chi connectivity index (χ2n) is 6.52. The quantitative estimate of drug-likeness (QED) is 0.782. The third-order valence-electron chi connectivity index (χ3n) is 4.55. The van der Waals surface area contributed by atoms with E-state index in [-0.39, 0.29) is 24.2 Å². The fraction of sp³-hybridized carbons (Fsp3) is 0.389. The molecule has 4 rings (SSSR count). The Labute approximate surface area is 143 Å². The van der Waals surface area contributed by atoms with Crippen LogP contribution in [0, 0.1) is 6.92 Å². The van der Waals surface area contributed by atoms with E-state index in [0.29, 0.717) is 29.9 Å². The maximum Gasteiger partial charge on any atom is 0.296 e. The number of hydrogen-bond donors (Lipinski definition) is 1. The maximum atomic E-state index is 12.8. The van der Waals surface area contributed by atoms with E-state index >= 15 is 0 Å². The van der Waals surface area contributed by atoms with Crippen molar-refractivity contribution < 1.29 is 14.4 Å². The van der Waals surface area contributed by atoms with E-state index in [1.807, 2.05) is 30.3 Å². The summed E-state index contributed by atoms with van der Waals surface area (Å²) in [6, 6.07) is 9.56. The Kier molecular flexibility index (Phi) is 3.89. The number of nitrogens with zero attached hydrogens (tertiary/aromatic N) is 3. The summed E-state index contributed by atoms with van der Waals surface area (Å²) in [6.07, 6.45) is 1.32. The maximum absolute atomic E-state index is 12.8. The molecule has 1 aliphatic heterocycles. The number of aromatic nitrogens is 3. The molecule has 0 bridgehead atoms. The molecule has 1 atom stereocenters. The van der Waals surface area contributed by atoms with Gasteiger partial charge in [-0.25, -0.2) is 4.68 Å². The van der Waals surface area contributed by atoms with Crippen molar-refractivity contribution in [3.05, 3.63) is 46.4 Å². The van der Waals surface area contributed by atoms with Crippen LogP contribution in [0.15, 0.2) is 39.6 Å². The van der Waals surface area contributed by atoms with Gasteiger partial charge in [-0.05, 0) is 19.8 Å². The van der Waals surface area contributed by atoms with Crippen LogP contribution in [0.5, 0.6) is 0 Å². The molecule has 0 radical (unpaired) electrons. The van der Waals surface area contributed by atoms with E-state index in [1.54, 1.807) is 6.92 Å². The molecule has 2 aromatic heterocycles. The molecule has 1 saturated heterocycles. The third kappa shape index (κ3) is 2.85. The van der Waals surface area contributed by atoms with Gasteiger partial charge >= 0.3 is 0 Å². The number of aryl methyl sites for hydroxylation is 1. The molecule has 1 fully saturated rings. The molecular formula is C18H19N3O4. The molecule has 0 spiro atoms. The molecule has 25 heavy (non-hydrogen) atoms. The first kappa shape index (κ1) is 16.0. The highest BCUT2D eigenvalue weighted by atomic mass is 16.5. The molecule has 1 N–H and O–H groups in total. The zero-order valence-corrected chi connectivity index (χ0v) is 13.9. The summed E-state index contributed by atoms with van der Waals surface area (Å²) in [7, 11) is 0. The van der Waals surface area contributed by atoms with Crippen molar-refractivity contribution in [2.45, 2.75) is 31.9 Å². The van der Waals surface area contributed by atoms with Gasteiger partial charge in [0.2, 0.25) is 0 Å². The molecule has 7 heteroatoms. The summed E-state index contributed by atoms with van der Waals surface area (Å²) in [4.78, 5) is 12.8. The Morgan fingerprint density at radius 3 is 2.84 bits per heavy atom. The number of ether oxygens (including phenoxy) is 1. The molecular weight excluding hydrogens is 322 g/mol. The van der Waals surface area contributed by atoms with Crippen LogP contribution in [-0.2, 0) is 11.3 Å². The Hall–Kier alpha value is -2.51. The molecule has 1 aliphatic rings. The molecule has 3 aromatic rings. The van der Waals surface area contributed by atoms with Crippen molar-refractivity contribution in [1.29, 1.82) is 0 Å². The lowest BCUT2D eigenvalue weighted by Gasteiger charge is -2.31. The predicted octanol–water partition coefficient (Wildman–Crippen LogP) is 1.90. The van der Waals surface area contributed by atoms with Crippen LogP contribution in [0.25, 0.3) is 22.2 Å². The van der Waals surface area contributed by atoms with E-state index in [4.69, 9.17) is 9.26 Å². The van der Waals surface area contributed by atoms with Crippen LogP contribution >= 0.6 is 0 Å². The van der Waals surface area contributed by atoms with E-state index < -0.39 is 5.60 Å². The van der Waals surface area contributed by atoms with Gasteiger partial charge in [-0.3, -0.25) is 4.79 Å². The SMILES string of the molecule is Cc1onc2c(=O)n(CC3(O)CCCOC3)nc(-c3ccccc3)c12. The van der Waals surface area contributed by atoms with Gasteiger partial charge in [-0.2, -0.15) is 5.10 Å². The van der Waals surface area contributed by atoms with E-state index in [9.17, 15) is 9.90 Å². The van der Waals surface area contributed by atoms with Gasteiger partial charge in [0.25, 0.3) is 5.56 Å². The number of hydrogen-bond acceptors (Lipinski definition) is 6. The van der Waals surface area contributed by atoms with Crippen molar-refractivity contribution in [1.82, 2.24) is 14.9 Å². The zero-order valence-electron chi connectivity index (χ0n) is 13.9. The topological polar surface area (TPSA) is 90.4 Å². The Morgan fingerprint density at radius 1 is 1.32 bits per heavy atom. The summed E-state index contributed by atoms with van der Waals surface area (Å²) in [5.74, 6) is 0.547. The summed E-state index contributed by atoms with van der Waals surface area (Å²) in [5, 5.41) is 19.8. The van der Waals surface area contributed by atoms with Crippen molar-refractivity contribution in [2.24, 2.45) is 0 Å². The van der Waals surface area contributed by atoms with Gasteiger partial charge in [0.15, 0.2) is 5.52 Å². The van der Waals surface area contributed by atoms with Gasteiger partial charge in [-0.1, -0.05) is 35.5 Å². The molecule has 0 aliphatic carbocycles. The number of aliphatic hydroxyl groups is 1. The summed E-state index contributed by atoms with van der Waals surface area (Å²) in [6.45, 7) is 2.64.